The van der Waals surface area contributed by atoms with Gasteiger partial charge in [0.15, 0.2) is 5.69 Å². The van der Waals surface area contributed by atoms with Gasteiger partial charge in [-0.25, -0.2) is 0 Å². The second-order valence-electron chi connectivity index (χ2n) is 5.59. The molecule has 1 amide bonds. The summed E-state index contributed by atoms with van der Waals surface area (Å²) in [7, 11) is 0. The topological polar surface area (TPSA) is 85.8 Å². The summed E-state index contributed by atoms with van der Waals surface area (Å²) in [6.45, 7) is 6.34. The van der Waals surface area contributed by atoms with Gasteiger partial charge in [-0.15, -0.1) is 5.10 Å². The largest absolute Gasteiger partial charge is 0.344 e. The summed E-state index contributed by atoms with van der Waals surface area (Å²) < 4.78 is 0. The number of para-hydroxylation sites is 1. The first-order valence-corrected chi connectivity index (χ1v) is 6.96. The number of hydrogen-bond donors (Lipinski definition) is 2. The van der Waals surface area contributed by atoms with E-state index in [2.05, 4.69) is 15.5 Å². The second-order valence-corrected chi connectivity index (χ2v) is 5.59. The highest BCUT2D eigenvalue weighted by atomic mass is 16.2. The second kappa shape index (κ2) is 6.05. The van der Waals surface area contributed by atoms with Gasteiger partial charge in [-0.05, 0) is 25.0 Å². The number of amides is 1. The zero-order valence-corrected chi connectivity index (χ0v) is 12.6. The van der Waals surface area contributed by atoms with Crippen molar-refractivity contribution in [3.05, 3.63) is 42.2 Å². The van der Waals surface area contributed by atoms with Crippen LogP contribution in [0.1, 0.15) is 31.3 Å². The number of hydrogen-bond acceptors (Lipinski definition) is 4. The van der Waals surface area contributed by atoms with Gasteiger partial charge in [0.2, 0.25) is 0 Å². The molecule has 0 aliphatic rings. The molecule has 0 bridgehead atoms. The van der Waals surface area contributed by atoms with Gasteiger partial charge in [0.05, 0.1) is 17.4 Å². The van der Waals surface area contributed by atoms with Gasteiger partial charge >= 0.3 is 0 Å². The first-order valence-electron chi connectivity index (χ1n) is 6.96. The fourth-order valence-corrected chi connectivity index (χ4v) is 1.81. The molecule has 6 heteroatoms. The highest BCUT2D eigenvalue weighted by molar-refractivity contribution is 5.92. The first kappa shape index (κ1) is 15.2. The predicted molar refractivity (Wildman–Crippen MR) is 81.1 cm³/mol. The smallest absolute Gasteiger partial charge is 0.273 e. The minimum absolute atomic E-state index is 0.218. The van der Waals surface area contributed by atoms with Crippen LogP contribution in [0.5, 0.6) is 0 Å². The van der Waals surface area contributed by atoms with Crippen LogP contribution in [-0.4, -0.2) is 33.0 Å². The van der Waals surface area contributed by atoms with Crippen LogP contribution < -0.4 is 11.1 Å². The molecule has 0 saturated heterocycles. The summed E-state index contributed by atoms with van der Waals surface area (Å²) >= 11 is 0. The molecule has 2 aromatic rings. The molecule has 1 heterocycles. The van der Waals surface area contributed by atoms with Crippen LogP contribution in [-0.2, 0) is 0 Å². The minimum atomic E-state index is -0.465. The SMILES string of the molecule is CC(C)C(C)(CN)NC(=O)c1cnn(-c2ccccc2)n1. The molecular formula is C15H21N5O. The number of benzene rings is 1. The fourth-order valence-electron chi connectivity index (χ4n) is 1.81. The number of carbonyl (C=O) groups is 1. The van der Waals surface area contributed by atoms with Crippen LogP contribution >= 0.6 is 0 Å². The maximum absolute atomic E-state index is 12.3. The normalized spacial score (nSPS) is 14.0. The lowest BCUT2D eigenvalue weighted by Gasteiger charge is -2.33. The zero-order valence-electron chi connectivity index (χ0n) is 12.6. The minimum Gasteiger partial charge on any atom is -0.344 e. The Morgan fingerprint density at radius 2 is 2.05 bits per heavy atom. The standard InChI is InChI=1S/C15H21N5O/c1-11(2)15(3,10-16)18-14(21)13-9-17-20(19-13)12-7-5-4-6-8-12/h4-9,11H,10,16H2,1-3H3,(H,18,21). The van der Waals surface area contributed by atoms with E-state index in [-0.39, 0.29) is 17.5 Å². The van der Waals surface area contributed by atoms with E-state index in [1.807, 2.05) is 51.1 Å². The van der Waals surface area contributed by atoms with Crippen molar-refractivity contribution in [2.75, 3.05) is 6.54 Å². The van der Waals surface area contributed by atoms with E-state index in [0.29, 0.717) is 6.54 Å². The Hall–Kier alpha value is -2.21. The molecule has 1 atom stereocenters. The van der Waals surface area contributed by atoms with E-state index in [1.165, 1.54) is 11.0 Å². The number of rotatable bonds is 5. The number of carbonyl (C=O) groups excluding carboxylic acids is 1. The molecule has 0 saturated carbocycles. The molecule has 1 unspecified atom stereocenters. The third kappa shape index (κ3) is 3.28. The quantitative estimate of drug-likeness (QED) is 0.869. The number of nitrogens with two attached hydrogens (primary N) is 1. The van der Waals surface area contributed by atoms with Crippen molar-refractivity contribution in [3.63, 3.8) is 0 Å². The first-order chi connectivity index (χ1) is 9.96. The Kier molecular flexibility index (Phi) is 4.37. The summed E-state index contributed by atoms with van der Waals surface area (Å²) in [5.74, 6) is -0.0468. The van der Waals surface area contributed by atoms with E-state index < -0.39 is 5.54 Å². The molecule has 1 aromatic heterocycles. The highest BCUT2D eigenvalue weighted by Crippen LogP contribution is 2.15. The number of nitrogens with zero attached hydrogens (tertiary/aromatic N) is 3. The predicted octanol–water partition coefficient (Wildman–Crippen LogP) is 1.37. The van der Waals surface area contributed by atoms with E-state index in [1.54, 1.807) is 0 Å². The van der Waals surface area contributed by atoms with Gasteiger partial charge in [0.25, 0.3) is 5.91 Å². The molecule has 112 valence electrons. The zero-order chi connectivity index (χ0) is 15.5. The molecule has 21 heavy (non-hydrogen) atoms. The van der Waals surface area contributed by atoms with E-state index in [4.69, 9.17) is 5.73 Å². The van der Waals surface area contributed by atoms with Crippen molar-refractivity contribution in [1.82, 2.24) is 20.3 Å². The van der Waals surface area contributed by atoms with Gasteiger partial charge in [-0.2, -0.15) is 9.90 Å². The van der Waals surface area contributed by atoms with Gasteiger partial charge in [-0.1, -0.05) is 32.0 Å². The fraction of sp³-hybridized carbons (Fsp3) is 0.400. The molecule has 2 rings (SSSR count). The van der Waals surface area contributed by atoms with Gasteiger partial charge in [-0.3, -0.25) is 4.79 Å². The van der Waals surface area contributed by atoms with Gasteiger partial charge < -0.3 is 11.1 Å². The summed E-state index contributed by atoms with van der Waals surface area (Å²) in [4.78, 5) is 13.7. The third-order valence-corrected chi connectivity index (χ3v) is 3.81. The summed E-state index contributed by atoms with van der Waals surface area (Å²) in [5, 5.41) is 11.3. The van der Waals surface area contributed by atoms with Crippen LogP contribution in [0.3, 0.4) is 0 Å². The number of nitrogens with one attached hydrogen (secondary N) is 1. The van der Waals surface area contributed by atoms with Crippen LogP contribution in [0, 0.1) is 5.92 Å². The Morgan fingerprint density at radius 3 is 2.62 bits per heavy atom. The van der Waals surface area contributed by atoms with Crippen molar-refractivity contribution in [3.8, 4) is 5.69 Å². The Balaban J connectivity index is 2.16. The number of aromatic nitrogens is 3. The lowest BCUT2D eigenvalue weighted by molar-refractivity contribution is 0.0877. The maximum Gasteiger partial charge on any atom is 0.273 e. The summed E-state index contributed by atoms with van der Waals surface area (Å²) in [6, 6.07) is 9.45. The van der Waals surface area contributed by atoms with Crippen molar-refractivity contribution in [1.29, 1.82) is 0 Å². The van der Waals surface area contributed by atoms with E-state index in [0.717, 1.165) is 5.69 Å². The van der Waals surface area contributed by atoms with Crippen LogP contribution in [0.2, 0.25) is 0 Å². The van der Waals surface area contributed by atoms with Crippen molar-refractivity contribution < 1.29 is 4.79 Å². The molecule has 0 aliphatic heterocycles. The Bertz CT molecular complexity index is 608. The van der Waals surface area contributed by atoms with Gasteiger partial charge in [0.1, 0.15) is 0 Å². The van der Waals surface area contributed by atoms with E-state index >= 15 is 0 Å². The third-order valence-electron chi connectivity index (χ3n) is 3.81. The van der Waals surface area contributed by atoms with E-state index in [9.17, 15) is 4.79 Å². The van der Waals surface area contributed by atoms with Crippen molar-refractivity contribution in [2.45, 2.75) is 26.3 Å². The maximum atomic E-state index is 12.3. The summed E-state index contributed by atoms with van der Waals surface area (Å²) in [6.07, 6.45) is 1.46. The molecular weight excluding hydrogens is 266 g/mol. The Labute approximate surface area is 124 Å². The van der Waals surface area contributed by atoms with Crippen molar-refractivity contribution in [2.24, 2.45) is 11.7 Å². The molecule has 3 N–H and O–H groups in total. The lowest BCUT2D eigenvalue weighted by atomic mass is 9.88. The molecule has 0 fully saturated rings. The average Bonchev–Trinajstić information content (AvgIpc) is 2.97. The highest BCUT2D eigenvalue weighted by Gasteiger charge is 2.29. The molecule has 6 nitrogen and oxygen atoms in total. The van der Waals surface area contributed by atoms with Crippen LogP contribution in [0.25, 0.3) is 5.69 Å². The molecule has 0 spiro atoms. The lowest BCUT2D eigenvalue weighted by Crippen LogP contribution is -2.55. The van der Waals surface area contributed by atoms with Gasteiger partial charge in [0, 0.05) is 6.54 Å². The van der Waals surface area contributed by atoms with Crippen LogP contribution in [0.15, 0.2) is 36.5 Å². The van der Waals surface area contributed by atoms with Crippen molar-refractivity contribution >= 4 is 5.91 Å². The molecule has 1 aromatic carbocycles. The van der Waals surface area contributed by atoms with Crippen LogP contribution in [0.4, 0.5) is 0 Å². The monoisotopic (exact) mass is 287 g/mol. The average molecular weight is 287 g/mol. The Morgan fingerprint density at radius 1 is 1.38 bits per heavy atom. The molecule has 0 radical (unpaired) electrons. The summed E-state index contributed by atoms with van der Waals surface area (Å²) in [5.41, 5.74) is 6.39. The molecule has 0 aliphatic carbocycles.